The molecule has 6 N–H and O–H groups in total. The van der Waals surface area contributed by atoms with Gasteiger partial charge in [0, 0.05) is 24.5 Å². The molecule has 0 amide bonds. The zero-order valence-corrected chi connectivity index (χ0v) is 21.6. The van der Waals surface area contributed by atoms with E-state index in [0.717, 1.165) is 0 Å². The van der Waals surface area contributed by atoms with E-state index in [4.69, 9.17) is 18.6 Å². The number of hydrogen-bond donors (Lipinski definition) is 6. The van der Waals surface area contributed by atoms with Gasteiger partial charge in [-0.2, -0.15) is 46.7 Å². The number of nitrogens with zero attached hydrogens (tertiary/aromatic N) is 6. The van der Waals surface area contributed by atoms with E-state index in [2.05, 4.69) is 51.2 Å². The molecule has 0 spiro atoms. The van der Waals surface area contributed by atoms with Crippen molar-refractivity contribution in [2.24, 2.45) is 0 Å². The molecule has 0 radical (unpaired) electrons. The fraction of sp³-hybridized carbons (Fsp3) is 0.333. The van der Waals surface area contributed by atoms with Gasteiger partial charge in [-0.25, -0.2) is 0 Å². The number of benzene rings is 1. The molecular formula is C18H24N10O8S2. The monoisotopic (exact) mass is 572 g/mol. The molecule has 20 heteroatoms. The zero-order chi connectivity index (χ0) is 27.8. The van der Waals surface area contributed by atoms with Gasteiger partial charge in [0.15, 0.2) is 0 Å². The third-order valence-electron chi connectivity index (χ3n) is 4.26. The zero-order valence-electron chi connectivity index (χ0n) is 20.0. The standard InChI is InChI=1S/C18H24N10O8S2/c1-35-17-25-13(19-6-8-37(29,30)31)23-15(27-17)21-11-4-3-5-12(10-11)22-16-24-14(26-18(28-16)36-2)20-7-9-38(32,33)34/h3-5,10H,6-9H2,1-2H3,(H,29,30,31)(H,32,33,34)(H2,19,21,23,25,27)(H2,20,22,24,26,28). The third-order valence-corrected chi connectivity index (χ3v) is 5.70. The van der Waals surface area contributed by atoms with Crippen molar-refractivity contribution in [3.63, 3.8) is 0 Å². The van der Waals surface area contributed by atoms with E-state index in [1.807, 2.05) is 0 Å². The number of methoxy groups -OCH3 is 2. The lowest BCUT2D eigenvalue weighted by atomic mass is 10.3. The Morgan fingerprint density at radius 2 is 1.08 bits per heavy atom. The van der Waals surface area contributed by atoms with Crippen molar-refractivity contribution < 1.29 is 35.4 Å². The summed E-state index contributed by atoms with van der Waals surface area (Å²) in [5.41, 5.74) is 1.05. The van der Waals surface area contributed by atoms with Crippen LogP contribution in [0.5, 0.6) is 12.0 Å². The van der Waals surface area contributed by atoms with Crippen LogP contribution in [0.15, 0.2) is 24.3 Å². The summed E-state index contributed by atoms with van der Waals surface area (Å²) in [6.45, 7) is -0.292. The number of nitrogens with one attached hydrogen (secondary N) is 4. The number of ether oxygens (including phenoxy) is 2. The van der Waals surface area contributed by atoms with Crippen molar-refractivity contribution >= 4 is 55.4 Å². The third kappa shape index (κ3) is 9.72. The molecule has 2 aromatic heterocycles. The lowest BCUT2D eigenvalue weighted by molar-refractivity contribution is 0.379. The summed E-state index contributed by atoms with van der Waals surface area (Å²) in [6, 6.07) is 6.71. The second-order valence-electron chi connectivity index (χ2n) is 7.20. The molecule has 0 unspecified atom stereocenters. The predicted octanol–water partition coefficient (Wildman–Crippen LogP) is 0.160. The van der Waals surface area contributed by atoms with Crippen molar-refractivity contribution in [2.45, 2.75) is 0 Å². The summed E-state index contributed by atoms with van der Waals surface area (Å²) in [7, 11) is -5.63. The minimum Gasteiger partial charge on any atom is -0.467 e. The SMILES string of the molecule is COc1nc(NCCS(=O)(=O)O)nc(Nc2cccc(Nc3nc(NCCS(=O)(=O)O)nc(OC)n3)c2)n1. The average Bonchev–Trinajstić information content (AvgIpc) is 2.82. The first kappa shape index (κ1) is 28.4. The molecule has 0 aliphatic carbocycles. The molecule has 1 aromatic carbocycles. The summed E-state index contributed by atoms with van der Waals surface area (Å²) in [6.07, 6.45) is 0. The molecule has 0 atom stereocenters. The van der Waals surface area contributed by atoms with Crippen LogP contribution in [-0.2, 0) is 20.2 Å². The minimum atomic E-state index is -4.16. The van der Waals surface area contributed by atoms with Gasteiger partial charge < -0.3 is 30.7 Å². The number of rotatable bonds is 14. The lowest BCUT2D eigenvalue weighted by Gasteiger charge is -2.11. The number of anilines is 6. The van der Waals surface area contributed by atoms with Gasteiger partial charge >= 0.3 is 12.0 Å². The van der Waals surface area contributed by atoms with Crippen molar-refractivity contribution in [3.8, 4) is 12.0 Å². The Balaban J connectivity index is 1.74. The maximum absolute atomic E-state index is 10.9. The maximum Gasteiger partial charge on any atom is 0.322 e. The maximum atomic E-state index is 10.9. The van der Waals surface area contributed by atoms with E-state index in [1.165, 1.54) is 14.2 Å². The molecule has 0 aliphatic rings. The second kappa shape index (κ2) is 12.4. The number of aromatic nitrogens is 6. The molecule has 0 aliphatic heterocycles. The van der Waals surface area contributed by atoms with Crippen LogP contribution in [0.4, 0.5) is 35.2 Å². The van der Waals surface area contributed by atoms with Crippen LogP contribution in [0.3, 0.4) is 0 Å². The highest BCUT2D eigenvalue weighted by Crippen LogP contribution is 2.22. The molecular weight excluding hydrogens is 548 g/mol. The summed E-state index contributed by atoms with van der Waals surface area (Å²) in [5, 5.41) is 11.3. The largest absolute Gasteiger partial charge is 0.467 e. The van der Waals surface area contributed by atoms with E-state index in [0.29, 0.717) is 11.4 Å². The van der Waals surface area contributed by atoms with E-state index in [-0.39, 0.29) is 48.9 Å². The first-order valence-corrected chi connectivity index (χ1v) is 13.8. The molecule has 2 heterocycles. The molecule has 0 fully saturated rings. The van der Waals surface area contributed by atoms with Crippen molar-refractivity contribution in [1.82, 2.24) is 29.9 Å². The van der Waals surface area contributed by atoms with Crippen molar-refractivity contribution in [2.75, 3.05) is 60.1 Å². The molecule has 3 aromatic rings. The van der Waals surface area contributed by atoms with Crippen LogP contribution < -0.4 is 30.7 Å². The second-order valence-corrected chi connectivity index (χ2v) is 10.3. The summed E-state index contributed by atoms with van der Waals surface area (Å²) >= 11 is 0. The normalized spacial score (nSPS) is 11.5. The predicted molar refractivity (Wildman–Crippen MR) is 136 cm³/mol. The summed E-state index contributed by atoms with van der Waals surface area (Å²) in [4.78, 5) is 24.4. The highest BCUT2D eigenvalue weighted by molar-refractivity contribution is 7.86. The quantitative estimate of drug-likeness (QED) is 0.141. The Morgan fingerprint density at radius 3 is 1.45 bits per heavy atom. The van der Waals surface area contributed by atoms with Crippen LogP contribution in [0, 0.1) is 0 Å². The van der Waals surface area contributed by atoms with Gasteiger partial charge in [-0.15, -0.1) is 0 Å². The van der Waals surface area contributed by atoms with Gasteiger partial charge in [0.25, 0.3) is 20.2 Å². The Hall–Kier alpha value is -4.14. The van der Waals surface area contributed by atoms with Gasteiger partial charge in [0.05, 0.1) is 25.7 Å². The highest BCUT2D eigenvalue weighted by Gasteiger charge is 2.12. The molecule has 206 valence electrons. The Morgan fingerprint density at radius 1 is 0.684 bits per heavy atom. The van der Waals surface area contributed by atoms with E-state index < -0.39 is 31.7 Å². The molecule has 0 bridgehead atoms. The molecule has 38 heavy (non-hydrogen) atoms. The Kier molecular flexibility index (Phi) is 9.28. The molecule has 3 rings (SSSR count). The fourth-order valence-corrected chi connectivity index (χ4v) is 3.40. The van der Waals surface area contributed by atoms with Gasteiger partial charge in [0.2, 0.25) is 23.8 Å². The average molecular weight is 573 g/mol. The molecule has 0 saturated heterocycles. The highest BCUT2D eigenvalue weighted by atomic mass is 32.2. The first-order valence-electron chi connectivity index (χ1n) is 10.5. The summed E-state index contributed by atoms with van der Waals surface area (Å²) in [5.74, 6) is -0.896. The van der Waals surface area contributed by atoms with E-state index in [9.17, 15) is 16.8 Å². The van der Waals surface area contributed by atoms with Crippen LogP contribution in [0.2, 0.25) is 0 Å². The van der Waals surface area contributed by atoms with Crippen molar-refractivity contribution in [1.29, 1.82) is 0 Å². The van der Waals surface area contributed by atoms with Crippen LogP contribution in [0.1, 0.15) is 0 Å². The van der Waals surface area contributed by atoms with E-state index in [1.54, 1.807) is 24.3 Å². The van der Waals surface area contributed by atoms with Gasteiger partial charge in [-0.3, -0.25) is 9.11 Å². The lowest BCUT2D eigenvalue weighted by Crippen LogP contribution is -2.17. The Labute approximate surface area is 217 Å². The minimum absolute atomic E-state index is 0.0172. The smallest absolute Gasteiger partial charge is 0.322 e. The fourth-order valence-electron chi connectivity index (χ4n) is 2.68. The van der Waals surface area contributed by atoms with Crippen LogP contribution in [-0.4, -0.2) is 94.7 Å². The van der Waals surface area contributed by atoms with Crippen molar-refractivity contribution in [3.05, 3.63) is 24.3 Å². The topological polar surface area (TPSA) is 253 Å². The molecule has 0 saturated carbocycles. The van der Waals surface area contributed by atoms with Crippen LogP contribution in [0.25, 0.3) is 0 Å². The van der Waals surface area contributed by atoms with Crippen LogP contribution >= 0.6 is 0 Å². The molecule has 18 nitrogen and oxygen atoms in total. The Bertz CT molecular complexity index is 1370. The summed E-state index contributed by atoms with van der Waals surface area (Å²) < 4.78 is 71.5. The van der Waals surface area contributed by atoms with Gasteiger partial charge in [-0.05, 0) is 18.2 Å². The first-order chi connectivity index (χ1) is 17.9. The number of hydrogen-bond acceptors (Lipinski definition) is 16. The van der Waals surface area contributed by atoms with E-state index >= 15 is 0 Å². The van der Waals surface area contributed by atoms with Gasteiger partial charge in [0.1, 0.15) is 0 Å². The van der Waals surface area contributed by atoms with Gasteiger partial charge in [-0.1, -0.05) is 6.07 Å².